The Morgan fingerprint density at radius 3 is 2.50 bits per heavy atom. The van der Waals surface area contributed by atoms with E-state index in [2.05, 4.69) is 63.2 Å². The number of hydrogen-bond acceptors (Lipinski definition) is 2. The van der Waals surface area contributed by atoms with Crippen LogP contribution in [-0.2, 0) is 6.54 Å². The van der Waals surface area contributed by atoms with E-state index in [1.807, 2.05) is 0 Å². The zero-order chi connectivity index (χ0) is 14.9. The van der Waals surface area contributed by atoms with Gasteiger partial charge in [-0.1, -0.05) is 38.4 Å². The number of nitrogens with zero attached hydrogens (tertiary/aromatic N) is 1. The van der Waals surface area contributed by atoms with E-state index in [0.29, 0.717) is 12.1 Å². The summed E-state index contributed by atoms with van der Waals surface area (Å²) in [7, 11) is 2.14. The largest absolute Gasteiger partial charge is 0.371 e. The van der Waals surface area contributed by atoms with Crippen LogP contribution in [0, 0.1) is 5.41 Å². The van der Waals surface area contributed by atoms with E-state index in [0.717, 1.165) is 11.6 Å². The van der Waals surface area contributed by atoms with Gasteiger partial charge in [-0.15, -0.1) is 0 Å². The Morgan fingerprint density at radius 2 is 2.00 bits per heavy atom. The Labute approximate surface area is 128 Å². The van der Waals surface area contributed by atoms with Gasteiger partial charge in [0.05, 0.1) is 0 Å². The van der Waals surface area contributed by atoms with Crippen LogP contribution in [0.1, 0.15) is 46.1 Å². The van der Waals surface area contributed by atoms with E-state index >= 15 is 0 Å². The van der Waals surface area contributed by atoms with Crippen molar-refractivity contribution in [3.63, 3.8) is 0 Å². The summed E-state index contributed by atoms with van der Waals surface area (Å²) in [6, 6.07) is 7.59. The lowest BCUT2D eigenvalue weighted by molar-refractivity contribution is 0.330. The Balaban J connectivity index is 2.07. The van der Waals surface area contributed by atoms with Crippen molar-refractivity contribution in [3.05, 3.63) is 28.8 Å². The van der Waals surface area contributed by atoms with Crippen molar-refractivity contribution in [2.24, 2.45) is 5.41 Å². The standard InChI is InChI=1S/C17H27ClN2/c1-12(17(2,3)4)20(5)15-9-6-13(16(18)10-15)11-19-14-7-8-14/h6,9-10,12,14,19H,7-8,11H2,1-5H3. The number of benzene rings is 1. The zero-order valence-electron chi connectivity index (χ0n) is 13.3. The lowest BCUT2D eigenvalue weighted by Crippen LogP contribution is -2.39. The highest BCUT2D eigenvalue weighted by molar-refractivity contribution is 6.31. The molecule has 1 aromatic rings. The van der Waals surface area contributed by atoms with Gasteiger partial charge < -0.3 is 10.2 Å². The minimum Gasteiger partial charge on any atom is -0.371 e. The van der Waals surface area contributed by atoms with Crippen molar-refractivity contribution >= 4 is 17.3 Å². The molecule has 1 N–H and O–H groups in total. The maximum absolute atomic E-state index is 6.43. The third-order valence-corrected chi connectivity index (χ3v) is 4.79. The molecule has 1 aliphatic carbocycles. The molecule has 0 radical (unpaired) electrons. The molecule has 0 spiro atoms. The van der Waals surface area contributed by atoms with Crippen molar-refractivity contribution in [3.8, 4) is 0 Å². The van der Waals surface area contributed by atoms with Crippen LogP contribution >= 0.6 is 11.6 Å². The van der Waals surface area contributed by atoms with Gasteiger partial charge in [-0.05, 0) is 42.9 Å². The van der Waals surface area contributed by atoms with Gasteiger partial charge in [0.1, 0.15) is 0 Å². The van der Waals surface area contributed by atoms with Crippen LogP contribution in [0.3, 0.4) is 0 Å². The Morgan fingerprint density at radius 1 is 1.35 bits per heavy atom. The second-order valence-corrected chi connectivity index (χ2v) is 7.49. The summed E-state index contributed by atoms with van der Waals surface area (Å²) < 4.78 is 0. The fraction of sp³-hybridized carbons (Fsp3) is 0.647. The van der Waals surface area contributed by atoms with Gasteiger partial charge in [0.15, 0.2) is 0 Å². The first-order valence-corrected chi connectivity index (χ1v) is 7.91. The number of hydrogen-bond donors (Lipinski definition) is 1. The third kappa shape index (κ3) is 3.89. The predicted octanol–water partition coefficient (Wildman–Crippen LogP) is 4.46. The first kappa shape index (κ1) is 15.7. The predicted molar refractivity (Wildman–Crippen MR) is 88.6 cm³/mol. The summed E-state index contributed by atoms with van der Waals surface area (Å²) in [5.74, 6) is 0. The number of halogens is 1. The highest BCUT2D eigenvalue weighted by Gasteiger charge is 2.24. The summed E-state index contributed by atoms with van der Waals surface area (Å²) in [6.45, 7) is 9.94. The molecule has 0 saturated heterocycles. The van der Waals surface area contributed by atoms with Gasteiger partial charge in [-0.25, -0.2) is 0 Å². The van der Waals surface area contributed by atoms with Crippen LogP contribution in [0.2, 0.25) is 5.02 Å². The highest BCUT2D eigenvalue weighted by Crippen LogP contribution is 2.30. The van der Waals surface area contributed by atoms with E-state index < -0.39 is 0 Å². The Hall–Kier alpha value is -0.730. The molecule has 2 nitrogen and oxygen atoms in total. The average molecular weight is 295 g/mol. The van der Waals surface area contributed by atoms with Gasteiger partial charge in [0, 0.05) is 36.4 Å². The molecular formula is C17H27ClN2. The van der Waals surface area contributed by atoms with E-state index in [1.165, 1.54) is 24.1 Å². The van der Waals surface area contributed by atoms with Crippen molar-refractivity contribution < 1.29 is 0 Å². The molecule has 1 aromatic carbocycles. The SMILES string of the molecule is CC(N(C)c1ccc(CNC2CC2)c(Cl)c1)C(C)(C)C. The first-order chi connectivity index (χ1) is 9.29. The molecule has 1 saturated carbocycles. The lowest BCUT2D eigenvalue weighted by Gasteiger charge is -2.37. The van der Waals surface area contributed by atoms with Crippen molar-refractivity contribution in [2.75, 3.05) is 11.9 Å². The molecule has 20 heavy (non-hydrogen) atoms. The van der Waals surface area contributed by atoms with Gasteiger partial charge >= 0.3 is 0 Å². The normalized spacial score (nSPS) is 17.1. The molecule has 0 heterocycles. The van der Waals surface area contributed by atoms with Gasteiger partial charge in [0.2, 0.25) is 0 Å². The summed E-state index contributed by atoms with van der Waals surface area (Å²) in [5.41, 5.74) is 2.62. The molecule has 1 fully saturated rings. The molecule has 1 aliphatic rings. The van der Waals surface area contributed by atoms with E-state index in [-0.39, 0.29) is 5.41 Å². The smallest absolute Gasteiger partial charge is 0.0471 e. The number of anilines is 1. The molecule has 1 atom stereocenters. The molecule has 0 bridgehead atoms. The van der Waals surface area contributed by atoms with Crippen molar-refractivity contribution in [1.29, 1.82) is 0 Å². The second-order valence-electron chi connectivity index (χ2n) is 7.08. The Kier molecular flexibility index (Phi) is 4.66. The molecule has 1 unspecified atom stereocenters. The van der Waals surface area contributed by atoms with Crippen LogP contribution in [0.15, 0.2) is 18.2 Å². The summed E-state index contributed by atoms with van der Waals surface area (Å²) in [6.07, 6.45) is 2.61. The Bertz CT molecular complexity index is 461. The van der Waals surface area contributed by atoms with Gasteiger partial charge in [0.25, 0.3) is 0 Å². The van der Waals surface area contributed by atoms with E-state index in [4.69, 9.17) is 11.6 Å². The van der Waals surface area contributed by atoms with Crippen LogP contribution in [0.5, 0.6) is 0 Å². The quantitative estimate of drug-likeness (QED) is 0.862. The summed E-state index contributed by atoms with van der Waals surface area (Å²) >= 11 is 6.43. The summed E-state index contributed by atoms with van der Waals surface area (Å²) in [4.78, 5) is 2.31. The fourth-order valence-corrected chi connectivity index (χ4v) is 2.49. The van der Waals surface area contributed by atoms with Crippen LogP contribution in [0.25, 0.3) is 0 Å². The zero-order valence-corrected chi connectivity index (χ0v) is 14.1. The van der Waals surface area contributed by atoms with Gasteiger partial charge in [-0.3, -0.25) is 0 Å². The topological polar surface area (TPSA) is 15.3 Å². The van der Waals surface area contributed by atoms with Gasteiger partial charge in [-0.2, -0.15) is 0 Å². The summed E-state index contributed by atoms with van der Waals surface area (Å²) in [5, 5.41) is 4.38. The second kappa shape index (κ2) is 5.95. The minimum atomic E-state index is 0.243. The van der Waals surface area contributed by atoms with Crippen molar-refractivity contribution in [2.45, 2.75) is 59.2 Å². The first-order valence-electron chi connectivity index (χ1n) is 7.53. The van der Waals surface area contributed by atoms with Crippen LogP contribution < -0.4 is 10.2 Å². The molecule has 2 rings (SSSR count). The van der Waals surface area contributed by atoms with Crippen LogP contribution in [0.4, 0.5) is 5.69 Å². The lowest BCUT2D eigenvalue weighted by atomic mass is 9.87. The molecular weight excluding hydrogens is 268 g/mol. The molecule has 112 valence electrons. The fourth-order valence-electron chi connectivity index (χ4n) is 2.25. The number of rotatable bonds is 5. The van der Waals surface area contributed by atoms with E-state index in [9.17, 15) is 0 Å². The van der Waals surface area contributed by atoms with E-state index in [1.54, 1.807) is 0 Å². The monoisotopic (exact) mass is 294 g/mol. The molecule has 0 aromatic heterocycles. The van der Waals surface area contributed by atoms with Crippen molar-refractivity contribution in [1.82, 2.24) is 5.32 Å². The average Bonchev–Trinajstić information content (AvgIpc) is 3.18. The third-order valence-electron chi connectivity index (χ3n) is 4.44. The molecule has 0 aliphatic heterocycles. The maximum atomic E-state index is 6.43. The number of nitrogens with one attached hydrogen (secondary N) is 1. The van der Waals surface area contributed by atoms with Crippen LogP contribution in [-0.4, -0.2) is 19.1 Å². The molecule has 3 heteroatoms. The maximum Gasteiger partial charge on any atom is 0.0471 e. The highest BCUT2D eigenvalue weighted by atomic mass is 35.5. The molecule has 0 amide bonds. The minimum absolute atomic E-state index is 0.243.